The van der Waals surface area contributed by atoms with Crippen LogP contribution in [0, 0.1) is 24.2 Å². The fraction of sp³-hybridized carbons (Fsp3) is 0.240. The highest BCUT2D eigenvalue weighted by Crippen LogP contribution is 2.32. The van der Waals surface area contributed by atoms with Crippen molar-refractivity contribution in [3.05, 3.63) is 65.8 Å². The molecule has 1 amide bonds. The van der Waals surface area contributed by atoms with E-state index in [1.807, 2.05) is 6.92 Å². The molecular weight excluding hydrogens is 450 g/mol. The van der Waals surface area contributed by atoms with Gasteiger partial charge in [0.05, 0.1) is 30.4 Å². The molecule has 3 aromatic heterocycles. The van der Waals surface area contributed by atoms with E-state index in [9.17, 15) is 9.59 Å². The maximum atomic E-state index is 12.9. The molecule has 1 saturated heterocycles. The van der Waals surface area contributed by atoms with Gasteiger partial charge in [0.2, 0.25) is 5.89 Å². The first-order valence-electron chi connectivity index (χ1n) is 11.0. The summed E-state index contributed by atoms with van der Waals surface area (Å²) in [7, 11) is 0. The monoisotopic (exact) mass is 471 g/mol. The highest BCUT2D eigenvalue weighted by molar-refractivity contribution is 5.99. The summed E-state index contributed by atoms with van der Waals surface area (Å²) >= 11 is 0. The van der Waals surface area contributed by atoms with Gasteiger partial charge in [-0.1, -0.05) is 0 Å². The van der Waals surface area contributed by atoms with E-state index in [4.69, 9.17) is 19.2 Å². The molecule has 0 saturated carbocycles. The number of aromatic nitrogens is 3. The largest absolute Gasteiger partial charge is 0.461 e. The Morgan fingerprint density at radius 2 is 2.00 bits per heavy atom. The Balaban J connectivity index is 1.36. The number of carbonyl (C=O) groups excluding carboxylic acids is 2. The number of amides is 1. The Labute approximate surface area is 200 Å². The Bertz CT molecular complexity index is 1460. The minimum Gasteiger partial charge on any atom is -0.461 e. The summed E-state index contributed by atoms with van der Waals surface area (Å²) in [6, 6.07) is 11.0. The van der Waals surface area contributed by atoms with Crippen molar-refractivity contribution in [3.8, 4) is 29.0 Å². The van der Waals surface area contributed by atoms with Crippen LogP contribution in [0.25, 0.3) is 17.0 Å². The Kier molecular flexibility index (Phi) is 5.66. The molecule has 0 N–H and O–H groups in total. The molecule has 0 unspecified atom stereocenters. The molecule has 5 rings (SSSR count). The van der Waals surface area contributed by atoms with Crippen LogP contribution in [0.2, 0.25) is 0 Å². The highest BCUT2D eigenvalue weighted by atomic mass is 16.5. The van der Waals surface area contributed by atoms with E-state index in [-0.39, 0.29) is 24.1 Å². The molecule has 0 spiro atoms. The molecule has 0 bridgehead atoms. The molecule has 35 heavy (non-hydrogen) atoms. The van der Waals surface area contributed by atoms with Crippen molar-refractivity contribution >= 4 is 17.4 Å². The summed E-state index contributed by atoms with van der Waals surface area (Å²) in [5.41, 5.74) is 2.74. The van der Waals surface area contributed by atoms with Crippen LogP contribution in [0.15, 0.2) is 53.4 Å². The van der Waals surface area contributed by atoms with Gasteiger partial charge in [0.25, 0.3) is 5.91 Å². The second-order valence-electron chi connectivity index (χ2n) is 8.08. The smallest absolute Gasteiger partial charge is 0.360 e. The summed E-state index contributed by atoms with van der Waals surface area (Å²) in [5, 5.41) is 13.3. The van der Waals surface area contributed by atoms with Crippen LogP contribution in [-0.4, -0.2) is 51.1 Å². The van der Waals surface area contributed by atoms with E-state index >= 15 is 0 Å². The number of oxazole rings is 1. The van der Waals surface area contributed by atoms with Crippen LogP contribution in [0.1, 0.15) is 33.3 Å². The summed E-state index contributed by atoms with van der Waals surface area (Å²) in [4.78, 5) is 30.5. The second kappa shape index (κ2) is 8.95. The standard InChI is InChI=1S/C25H21N5O5/c1-3-33-25(32)20-14-34-23(28-20)17-4-6-18(7-5-17)35-21-8-9-27-30-13-19(15(2)22(21)30)24(31)29-11-16(10-26)12-29/h4-9,13-14,16H,3,11-12H2,1-2H3. The number of fused-ring (bicyclic) bond motifs is 1. The molecule has 10 heteroatoms. The molecule has 1 fully saturated rings. The number of carbonyl (C=O) groups is 2. The molecular formula is C25H21N5O5. The summed E-state index contributed by atoms with van der Waals surface area (Å²) in [6.45, 7) is 4.71. The maximum Gasteiger partial charge on any atom is 0.360 e. The zero-order valence-electron chi connectivity index (χ0n) is 19.1. The lowest BCUT2D eigenvalue weighted by atomic mass is 10.0. The molecule has 4 aromatic rings. The first-order valence-corrected chi connectivity index (χ1v) is 11.0. The number of esters is 1. The number of benzene rings is 1. The number of likely N-dealkylation sites (tertiary alicyclic amines) is 1. The second-order valence-corrected chi connectivity index (χ2v) is 8.08. The number of nitriles is 1. The van der Waals surface area contributed by atoms with E-state index in [2.05, 4.69) is 16.2 Å². The predicted octanol–water partition coefficient (Wildman–Crippen LogP) is 3.86. The number of hydrogen-bond acceptors (Lipinski definition) is 8. The van der Waals surface area contributed by atoms with Gasteiger partial charge in [-0.15, -0.1) is 0 Å². The molecule has 0 aliphatic carbocycles. The average Bonchev–Trinajstić information content (AvgIpc) is 3.45. The Morgan fingerprint density at radius 3 is 2.71 bits per heavy atom. The summed E-state index contributed by atoms with van der Waals surface area (Å²) in [6.07, 6.45) is 4.55. The average molecular weight is 471 g/mol. The third kappa shape index (κ3) is 4.08. The van der Waals surface area contributed by atoms with E-state index in [1.165, 1.54) is 6.26 Å². The lowest BCUT2D eigenvalue weighted by Crippen LogP contribution is -2.49. The quantitative estimate of drug-likeness (QED) is 0.389. The third-order valence-corrected chi connectivity index (χ3v) is 5.79. The van der Waals surface area contributed by atoms with Crippen LogP contribution in [0.3, 0.4) is 0 Å². The molecule has 176 valence electrons. The first kappa shape index (κ1) is 22.2. The van der Waals surface area contributed by atoms with Crippen LogP contribution in [-0.2, 0) is 4.74 Å². The van der Waals surface area contributed by atoms with E-state index in [0.29, 0.717) is 47.1 Å². The molecule has 10 nitrogen and oxygen atoms in total. The normalized spacial score (nSPS) is 13.3. The zero-order valence-corrected chi connectivity index (χ0v) is 19.1. The van der Waals surface area contributed by atoms with Gasteiger partial charge in [-0.3, -0.25) is 4.79 Å². The van der Waals surface area contributed by atoms with Crippen LogP contribution >= 0.6 is 0 Å². The van der Waals surface area contributed by atoms with Gasteiger partial charge in [-0.05, 0) is 43.7 Å². The Hall–Kier alpha value is -4.65. The van der Waals surface area contributed by atoms with Gasteiger partial charge in [-0.2, -0.15) is 10.4 Å². The van der Waals surface area contributed by atoms with Crippen molar-refractivity contribution in [1.82, 2.24) is 19.5 Å². The van der Waals surface area contributed by atoms with Crippen molar-refractivity contribution in [3.63, 3.8) is 0 Å². The van der Waals surface area contributed by atoms with Crippen molar-refractivity contribution < 1.29 is 23.5 Å². The number of hydrogen-bond donors (Lipinski definition) is 0. The highest BCUT2D eigenvalue weighted by Gasteiger charge is 2.33. The van der Waals surface area contributed by atoms with E-state index in [1.54, 1.807) is 59.1 Å². The molecule has 1 aromatic carbocycles. The van der Waals surface area contributed by atoms with Crippen LogP contribution in [0.4, 0.5) is 0 Å². The van der Waals surface area contributed by atoms with Gasteiger partial charge >= 0.3 is 5.97 Å². The van der Waals surface area contributed by atoms with Crippen LogP contribution in [0.5, 0.6) is 11.5 Å². The van der Waals surface area contributed by atoms with Crippen molar-refractivity contribution in [1.29, 1.82) is 5.26 Å². The van der Waals surface area contributed by atoms with Crippen molar-refractivity contribution in [2.24, 2.45) is 5.92 Å². The fourth-order valence-electron chi connectivity index (χ4n) is 3.92. The van der Waals surface area contributed by atoms with E-state index < -0.39 is 5.97 Å². The van der Waals surface area contributed by atoms with Gasteiger partial charge in [-0.25, -0.2) is 14.3 Å². The zero-order chi connectivity index (χ0) is 24.5. The molecule has 1 aliphatic heterocycles. The minimum absolute atomic E-state index is 0.107. The lowest BCUT2D eigenvalue weighted by Gasteiger charge is -2.35. The van der Waals surface area contributed by atoms with Gasteiger partial charge in [0.15, 0.2) is 11.4 Å². The van der Waals surface area contributed by atoms with Gasteiger partial charge in [0.1, 0.15) is 17.5 Å². The van der Waals surface area contributed by atoms with Gasteiger partial charge < -0.3 is 18.8 Å². The van der Waals surface area contributed by atoms with Crippen molar-refractivity contribution in [2.45, 2.75) is 13.8 Å². The third-order valence-electron chi connectivity index (χ3n) is 5.79. The van der Waals surface area contributed by atoms with Gasteiger partial charge in [0, 0.05) is 30.9 Å². The molecule has 4 heterocycles. The molecule has 0 radical (unpaired) electrons. The number of rotatable bonds is 6. The summed E-state index contributed by atoms with van der Waals surface area (Å²) in [5.74, 6) is 0.632. The number of nitrogens with zero attached hydrogens (tertiary/aromatic N) is 5. The number of ether oxygens (including phenoxy) is 2. The summed E-state index contributed by atoms with van der Waals surface area (Å²) < 4.78 is 18.1. The van der Waals surface area contributed by atoms with Crippen LogP contribution < -0.4 is 4.74 Å². The fourth-order valence-corrected chi connectivity index (χ4v) is 3.92. The Morgan fingerprint density at radius 1 is 1.23 bits per heavy atom. The molecule has 0 atom stereocenters. The molecule has 1 aliphatic rings. The van der Waals surface area contributed by atoms with E-state index in [0.717, 1.165) is 5.56 Å². The number of aryl methyl sites for hydroxylation is 1. The van der Waals surface area contributed by atoms with Crippen molar-refractivity contribution in [2.75, 3.05) is 19.7 Å². The topological polar surface area (TPSA) is 123 Å². The minimum atomic E-state index is -0.538. The predicted molar refractivity (Wildman–Crippen MR) is 123 cm³/mol. The first-order chi connectivity index (χ1) is 17.0. The lowest BCUT2D eigenvalue weighted by molar-refractivity contribution is 0.0518. The SMILES string of the molecule is CCOC(=O)c1coc(-c2ccc(Oc3ccnn4cc(C(=O)N5CC(C#N)C5)c(C)c34)cc2)n1. The maximum absolute atomic E-state index is 12.9.